The van der Waals surface area contributed by atoms with Crippen LogP contribution in [0.4, 0.5) is 13.2 Å². The number of ether oxygens (including phenoxy) is 1. The number of alkyl halides is 3. The highest BCUT2D eigenvalue weighted by atomic mass is 32.1. The van der Waals surface area contributed by atoms with Gasteiger partial charge in [0.05, 0.1) is 7.11 Å². The summed E-state index contributed by atoms with van der Waals surface area (Å²) >= 11 is 1.47. The van der Waals surface area contributed by atoms with E-state index >= 15 is 0 Å². The molecule has 0 radical (unpaired) electrons. The topological polar surface area (TPSA) is 115 Å². The maximum Gasteiger partial charge on any atom is 0.490 e. The van der Waals surface area contributed by atoms with Gasteiger partial charge in [-0.2, -0.15) is 13.2 Å². The Morgan fingerprint density at radius 1 is 1.23 bits per heavy atom. The molecule has 1 amide bonds. The van der Waals surface area contributed by atoms with Crippen molar-refractivity contribution in [3.8, 4) is 5.75 Å². The van der Waals surface area contributed by atoms with Crippen LogP contribution in [0.25, 0.3) is 0 Å². The lowest BCUT2D eigenvalue weighted by Gasteiger charge is -2.25. The number of halogens is 3. The molecule has 0 bridgehead atoms. The number of carbonyl (C=O) groups excluding carboxylic acids is 1. The number of thiazole rings is 1. The van der Waals surface area contributed by atoms with Gasteiger partial charge >= 0.3 is 12.1 Å². The van der Waals surface area contributed by atoms with Gasteiger partial charge < -0.3 is 20.9 Å². The van der Waals surface area contributed by atoms with Gasteiger partial charge in [0.1, 0.15) is 16.5 Å². The van der Waals surface area contributed by atoms with E-state index in [1.165, 1.54) is 11.3 Å². The van der Waals surface area contributed by atoms with Gasteiger partial charge in [-0.1, -0.05) is 26.0 Å². The van der Waals surface area contributed by atoms with E-state index in [2.05, 4.69) is 24.1 Å². The first-order valence-electron chi connectivity index (χ1n) is 8.71. The summed E-state index contributed by atoms with van der Waals surface area (Å²) < 4.78 is 36.9. The monoisotopic (exact) mass is 447 g/mol. The van der Waals surface area contributed by atoms with Crippen LogP contribution in [0, 0.1) is 6.92 Å². The number of carboxylic acids is 1. The molecule has 0 fully saturated rings. The molecular formula is C19H24F3N3O4S. The summed E-state index contributed by atoms with van der Waals surface area (Å²) in [4.78, 5) is 26.4. The van der Waals surface area contributed by atoms with Gasteiger partial charge in [0.2, 0.25) is 0 Å². The molecule has 0 aliphatic heterocycles. The van der Waals surface area contributed by atoms with E-state index in [9.17, 15) is 18.0 Å². The summed E-state index contributed by atoms with van der Waals surface area (Å²) in [6.07, 6.45) is -5.08. The summed E-state index contributed by atoms with van der Waals surface area (Å²) in [5, 5.41) is 10.9. The van der Waals surface area contributed by atoms with Gasteiger partial charge in [-0.3, -0.25) is 4.79 Å². The van der Waals surface area contributed by atoms with Crippen molar-refractivity contribution in [3.63, 3.8) is 0 Å². The zero-order valence-electron chi connectivity index (χ0n) is 17.0. The molecule has 7 nitrogen and oxygen atoms in total. The molecule has 1 aromatic carbocycles. The predicted molar refractivity (Wildman–Crippen MR) is 107 cm³/mol. The number of carbonyl (C=O) groups is 2. The van der Waals surface area contributed by atoms with Gasteiger partial charge in [0.15, 0.2) is 0 Å². The summed E-state index contributed by atoms with van der Waals surface area (Å²) in [5.74, 6) is -2.09. The lowest BCUT2D eigenvalue weighted by Crippen LogP contribution is -2.37. The van der Waals surface area contributed by atoms with Crippen molar-refractivity contribution in [1.82, 2.24) is 10.3 Å². The lowest BCUT2D eigenvalue weighted by atomic mass is 9.84. The van der Waals surface area contributed by atoms with Crippen molar-refractivity contribution < 1.29 is 32.6 Å². The zero-order valence-corrected chi connectivity index (χ0v) is 17.8. The fourth-order valence-electron chi connectivity index (χ4n) is 2.28. The number of aromatic nitrogens is 1. The standard InChI is InChI=1S/C17H23N3O2S.C2HF3O2/c1-11-15(20-14(9-18)23-11)16(21)19-10-17(2,3)12-5-7-13(22-4)8-6-12;3-2(4,5)1(6)7/h5-8H,9-10,18H2,1-4H3,(H,19,21);(H,6,7). The molecule has 0 aliphatic carbocycles. The zero-order chi connectivity index (χ0) is 23.1. The van der Waals surface area contributed by atoms with Crippen molar-refractivity contribution in [2.45, 2.75) is 38.9 Å². The van der Waals surface area contributed by atoms with Crippen molar-refractivity contribution in [2.24, 2.45) is 5.73 Å². The number of aliphatic carboxylic acids is 1. The Labute approximate surface area is 176 Å². The van der Waals surface area contributed by atoms with E-state index in [1.54, 1.807) is 7.11 Å². The Morgan fingerprint density at radius 2 is 1.77 bits per heavy atom. The molecule has 30 heavy (non-hydrogen) atoms. The largest absolute Gasteiger partial charge is 0.497 e. The van der Waals surface area contributed by atoms with Crippen LogP contribution in [0.5, 0.6) is 5.75 Å². The van der Waals surface area contributed by atoms with Gasteiger partial charge in [0.25, 0.3) is 5.91 Å². The minimum absolute atomic E-state index is 0.153. The van der Waals surface area contributed by atoms with Crippen molar-refractivity contribution in [1.29, 1.82) is 0 Å². The number of nitrogens with two attached hydrogens (primary N) is 1. The first kappa shape index (κ1) is 25.4. The number of methoxy groups -OCH3 is 1. The Morgan fingerprint density at radius 3 is 2.17 bits per heavy atom. The number of hydrogen-bond donors (Lipinski definition) is 3. The second-order valence-electron chi connectivity index (χ2n) is 6.81. The van der Waals surface area contributed by atoms with Gasteiger partial charge in [-0.15, -0.1) is 11.3 Å². The number of aryl methyl sites for hydroxylation is 1. The van der Waals surface area contributed by atoms with Crippen LogP contribution >= 0.6 is 11.3 Å². The molecule has 166 valence electrons. The third kappa shape index (κ3) is 7.30. The molecule has 11 heteroatoms. The van der Waals surface area contributed by atoms with E-state index in [-0.39, 0.29) is 11.3 Å². The molecule has 1 aromatic heterocycles. The van der Waals surface area contributed by atoms with Crippen LogP contribution in [0.2, 0.25) is 0 Å². The number of carboxylic acid groups (broad SMARTS) is 1. The normalized spacial score (nSPS) is 11.3. The van der Waals surface area contributed by atoms with Crippen LogP contribution in [-0.2, 0) is 16.8 Å². The number of nitrogens with one attached hydrogen (secondary N) is 1. The number of hydrogen-bond acceptors (Lipinski definition) is 6. The number of rotatable bonds is 6. The quantitative estimate of drug-likeness (QED) is 0.626. The average Bonchev–Trinajstić information content (AvgIpc) is 3.07. The molecule has 0 saturated carbocycles. The molecule has 0 aliphatic rings. The first-order chi connectivity index (χ1) is 13.8. The summed E-state index contributed by atoms with van der Waals surface area (Å²) in [5.41, 5.74) is 7.00. The van der Waals surface area contributed by atoms with Crippen LogP contribution in [0.15, 0.2) is 24.3 Å². The predicted octanol–water partition coefficient (Wildman–Crippen LogP) is 3.26. The van der Waals surface area contributed by atoms with E-state index in [0.717, 1.165) is 21.2 Å². The van der Waals surface area contributed by atoms with E-state index < -0.39 is 12.1 Å². The molecule has 2 rings (SSSR count). The van der Waals surface area contributed by atoms with Gasteiger partial charge in [-0.25, -0.2) is 9.78 Å². The average molecular weight is 447 g/mol. The second-order valence-corrected chi connectivity index (χ2v) is 8.10. The SMILES string of the molecule is COc1ccc(C(C)(C)CNC(=O)c2nc(CN)sc2C)cc1.O=C(O)C(F)(F)F. The highest BCUT2D eigenvalue weighted by molar-refractivity contribution is 7.11. The fourth-order valence-corrected chi connectivity index (χ4v) is 3.09. The van der Waals surface area contributed by atoms with Crippen LogP contribution in [0.1, 0.15) is 39.8 Å². The maximum atomic E-state index is 12.3. The Balaban J connectivity index is 0.000000553. The summed E-state index contributed by atoms with van der Waals surface area (Å²) in [6, 6.07) is 7.89. The molecule has 0 unspecified atom stereocenters. The molecule has 0 saturated heterocycles. The smallest absolute Gasteiger partial charge is 0.490 e. The van der Waals surface area contributed by atoms with E-state index in [1.807, 2.05) is 31.2 Å². The Hall–Kier alpha value is -2.66. The maximum absolute atomic E-state index is 12.3. The molecule has 2 aromatic rings. The van der Waals surface area contributed by atoms with Crippen LogP contribution < -0.4 is 15.8 Å². The number of amides is 1. The van der Waals surface area contributed by atoms with Gasteiger partial charge in [0, 0.05) is 23.4 Å². The highest BCUT2D eigenvalue weighted by Gasteiger charge is 2.38. The van der Waals surface area contributed by atoms with Crippen molar-refractivity contribution in [3.05, 3.63) is 45.4 Å². The van der Waals surface area contributed by atoms with Crippen LogP contribution in [0.3, 0.4) is 0 Å². The number of nitrogens with zero attached hydrogens (tertiary/aromatic N) is 1. The summed E-state index contributed by atoms with van der Waals surface area (Å²) in [6.45, 7) is 6.95. The van der Waals surface area contributed by atoms with E-state index in [0.29, 0.717) is 18.8 Å². The molecular weight excluding hydrogens is 423 g/mol. The van der Waals surface area contributed by atoms with E-state index in [4.69, 9.17) is 20.4 Å². The third-order valence-corrected chi connectivity index (χ3v) is 5.03. The van der Waals surface area contributed by atoms with Crippen LogP contribution in [-0.4, -0.2) is 41.8 Å². The minimum atomic E-state index is -5.08. The number of benzene rings is 1. The fraction of sp³-hybridized carbons (Fsp3) is 0.421. The Kier molecular flexibility index (Phi) is 8.79. The lowest BCUT2D eigenvalue weighted by molar-refractivity contribution is -0.192. The highest BCUT2D eigenvalue weighted by Crippen LogP contribution is 2.25. The second kappa shape index (κ2) is 10.4. The molecule has 1 heterocycles. The minimum Gasteiger partial charge on any atom is -0.497 e. The summed E-state index contributed by atoms with van der Waals surface area (Å²) in [7, 11) is 1.64. The van der Waals surface area contributed by atoms with Crippen molar-refractivity contribution >= 4 is 23.2 Å². The van der Waals surface area contributed by atoms with Crippen molar-refractivity contribution in [2.75, 3.05) is 13.7 Å². The van der Waals surface area contributed by atoms with Gasteiger partial charge in [-0.05, 0) is 24.6 Å². The Bertz CT molecular complexity index is 865. The molecule has 0 spiro atoms. The third-order valence-electron chi connectivity index (χ3n) is 4.04. The molecule has 0 atom stereocenters. The molecule has 4 N–H and O–H groups in total. The first-order valence-corrected chi connectivity index (χ1v) is 9.52.